The summed E-state index contributed by atoms with van der Waals surface area (Å²) in [6.45, 7) is 11.2. The van der Waals surface area contributed by atoms with Gasteiger partial charge in [0.2, 0.25) is 0 Å². The average Bonchev–Trinajstić information content (AvgIpc) is 2.37. The maximum atomic E-state index is 12.2. The highest BCUT2D eigenvalue weighted by molar-refractivity contribution is 6.66. The van der Waals surface area contributed by atoms with Crippen LogP contribution in [0.3, 0.4) is 0 Å². The van der Waals surface area contributed by atoms with Crippen LogP contribution in [0.2, 0.25) is 5.54 Å². The number of carbonyl (C=O) groups excluding carboxylic acids is 1. The van der Waals surface area contributed by atoms with Crippen molar-refractivity contribution in [3.05, 3.63) is 0 Å². The molecule has 0 rings (SSSR count). The van der Waals surface area contributed by atoms with E-state index in [-0.39, 0.29) is 5.97 Å². The predicted octanol–water partition coefficient (Wildman–Crippen LogP) is 2.77. The second-order valence-corrected chi connectivity index (χ2v) is 6.77. The van der Waals surface area contributed by atoms with Gasteiger partial charge in [-0.2, -0.15) is 0 Å². The van der Waals surface area contributed by atoms with E-state index in [1.807, 2.05) is 27.7 Å². The van der Waals surface area contributed by atoms with Crippen LogP contribution in [0.5, 0.6) is 0 Å². The second-order valence-electron chi connectivity index (χ2n) is 4.00. The number of esters is 1. The standard InChI is InChI=1S/C13H28O5Si/c1-6-11-12(13(14)15-7-2)19(16-8-3,17-9-4)18-10-5/h12H,6-11H2,1-5H3. The third kappa shape index (κ3) is 5.60. The first kappa shape index (κ1) is 18.6. The van der Waals surface area contributed by atoms with Crippen LogP contribution < -0.4 is 0 Å². The molecule has 19 heavy (non-hydrogen) atoms. The first-order valence-electron chi connectivity index (χ1n) is 7.20. The second kappa shape index (κ2) is 10.4. The quantitative estimate of drug-likeness (QED) is 0.433. The van der Waals surface area contributed by atoms with E-state index in [2.05, 4.69) is 0 Å². The molecule has 1 unspecified atom stereocenters. The van der Waals surface area contributed by atoms with E-state index in [9.17, 15) is 4.79 Å². The van der Waals surface area contributed by atoms with Crippen molar-refractivity contribution < 1.29 is 22.8 Å². The van der Waals surface area contributed by atoms with Crippen LogP contribution >= 0.6 is 0 Å². The highest BCUT2D eigenvalue weighted by Gasteiger charge is 2.53. The number of rotatable bonds is 11. The van der Waals surface area contributed by atoms with Crippen molar-refractivity contribution >= 4 is 14.8 Å². The normalized spacial score (nSPS) is 13.3. The SMILES string of the molecule is CCCC(C(=O)OCC)[Si](OCC)(OCC)OCC. The Hall–Kier alpha value is -0.433. The summed E-state index contributed by atoms with van der Waals surface area (Å²) in [5.41, 5.74) is -0.433. The van der Waals surface area contributed by atoms with Gasteiger partial charge in [-0.15, -0.1) is 0 Å². The minimum atomic E-state index is -3.02. The van der Waals surface area contributed by atoms with E-state index in [4.69, 9.17) is 18.0 Å². The summed E-state index contributed by atoms with van der Waals surface area (Å²) in [4.78, 5) is 12.2. The zero-order valence-corrected chi connectivity index (χ0v) is 13.9. The molecule has 0 saturated carbocycles. The Morgan fingerprint density at radius 3 is 1.68 bits per heavy atom. The van der Waals surface area contributed by atoms with E-state index in [1.54, 1.807) is 6.92 Å². The van der Waals surface area contributed by atoms with E-state index in [0.29, 0.717) is 32.8 Å². The smallest absolute Gasteiger partial charge is 0.466 e. The van der Waals surface area contributed by atoms with E-state index in [1.165, 1.54) is 0 Å². The molecule has 0 aromatic rings. The zero-order valence-electron chi connectivity index (χ0n) is 12.9. The molecule has 0 N–H and O–H groups in total. The monoisotopic (exact) mass is 292 g/mol. The van der Waals surface area contributed by atoms with Crippen molar-refractivity contribution in [3.63, 3.8) is 0 Å². The zero-order chi connectivity index (χ0) is 14.7. The topological polar surface area (TPSA) is 54.0 Å². The van der Waals surface area contributed by atoms with Gasteiger partial charge in [0.1, 0.15) is 5.54 Å². The fourth-order valence-corrected chi connectivity index (χ4v) is 5.08. The number of ether oxygens (including phenoxy) is 1. The van der Waals surface area contributed by atoms with Crippen molar-refractivity contribution in [2.24, 2.45) is 0 Å². The van der Waals surface area contributed by atoms with Crippen LogP contribution in [-0.2, 0) is 22.8 Å². The van der Waals surface area contributed by atoms with Gasteiger partial charge in [-0.3, -0.25) is 4.79 Å². The maximum Gasteiger partial charge on any atom is 0.515 e. The molecule has 0 spiro atoms. The molecule has 0 aliphatic rings. The van der Waals surface area contributed by atoms with Crippen LogP contribution in [0.15, 0.2) is 0 Å². The number of hydrogen-bond acceptors (Lipinski definition) is 5. The maximum absolute atomic E-state index is 12.2. The van der Waals surface area contributed by atoms with Crippen LogP contribution in [0.25, 0.3) is 0 Å². The van der Waals surface area contributed by atoms with Crippen molar-refractivity contribution in [1.29, 1.82) is 0 Å². The van der Waals surface area contributed by atoms with Gasteiger partial charge in [0.25, 0.3) is 0 Å². The fraction of sp³-hybridized carbons (Fsp3) is 0.923. The molecular formula is C13H28O5Si. The molecule has 0 aliphatic carbocycles. The van der Waals surface area contributed by atoms with Gasteiger partial charge in [-0.25, -0.2) is 0 Å². The molecule has 114 valence electrons. The summed E-state index contributed by atoms with van der Waals surface area (Å²) in [5, 5.41) is 0. The first-order chi connectivity index (χ1) is 9.11. The first-order valence-corrected chi connectivity index (χ1v) is 9.00. The predicted molar refractivity (Wildman–Crippen MR) is 75.9 cm³/mol. The largest absolute Gasteiger partial charge is 0.515 e. The summed E-state index contributed by atoms with van der Waals surface area (Å²) in [7, 11) is -3.02. The Labute approximate surface area is 117 Å². The van der Waals surface area contributed by atoms with E-state index >= 15 is 0 Å². The summed E-state index contributed by atoms with van der Waals surface area (Å²) in [6, 6.07) is 0. The number of hydrogen-bond donors (Lipinski definition) is 0. The summed E-state index contributed by atoms with van der Waals surface area (Å²) >= 11 is 0. The third-order valence-electron chi connectivity index (χ3n) is 2.61. The molecule has 0 fully saturated rings. The van der Waals surface area contributed by atoms with Gasteiger partial charge in [-0.1, -0.05) is 13.3 Å². The van der Waals surface area contributed by atoms with Crippen molar-refractivity contribution in [2.75, 3.05) is 26.4 Å². The molecule has 0 bridgehead atoms. The molecule has 0 amide bonds. The van der Waals surface area contributed by atoms with Crippen LogP contribution in [0.4, 0.5) is 0 Å². The Bertz CT molecular complexity index is 230. The van der Waals surface area contributed by atoms with Gasteiger partial charge < -0.3 is 18.0 Å². The van der Waals surface area contributed by atoms with Gasteiger partial charge in [0.05, 0.1) is 6.61 Å². The highest BCUT2D eigenvalue weighted by atomic mass is 28.4. The van der Waals surface area contributed by atoms with Crippen LogP contribution in [-0.4, -0.2) is 41.2 Å². The van der Waals surface area contributed by atoms with Gasteiger partial charge in [0.15, 0.2) is 0 Å². The Morgan fingerprint density at radius 1 is 0.895 bits per heavy atom. The van der Waals surface area contributed by atoms with Crippen LogP contribution in [0, 0.1) is 0 Å². The van der Waals surface area contributed by atoms with Crippen molar-refractivity contribution in [1.82, 2.24) is 0 Å². The van der Waals surface area contributed by atoms with Gasteiger partial charge in [-0.05, 0) is 34.1 Å². The summed E-state index contributed by atoms with van der Waals surface area (Å²) < 4.78 is 22.5. The molecule has 1 atom stereocenters. The fourth-order valence-electron chi connectivity index (χ4n) is 2.00. The van der Waals surface area contributed by atoms with Crippen molar-refractivity contribution in [2.45, 2.75) is 53.0 Å². The van der Waals surface area contributed by atoms with Crippen LogP contribution in [0.1, 0.15) is 47.5 Å². The Kier molecular flexibility index (Phi) is 10.1. The molecule has 5 nitrogen and oxygen atoms in total. The summed E-state index contributed by atoms with van der Waals surface area (Å²) in [6.07, 6.45) is 1.51. The molecule has 0 aliphatic heterocycles. The van der Waals surface area contributed by atoms with Crippen molar-refractivity contribution in [3.8, 4) is 0 Å². The van der Waals surface area contributed by atoms with E-state index in [0.717, 1.165) is 6.42 Å². The minimum absolute atomic E-state index is 0.272. The summed E-state index contributed by atoms with van der Waals surface area (Å²) in [5.74, 6) is -0.272. The lowest BCUT2D eigenvalue weighted by molar-refractivity contribution is -0.145. The lowest BCUT2D eigenvalue weighted by Gasteiger charge is -2.33. The lowest BCUT2D eigenvalue weighted by Crippen LogP contribution is -2.53. The highest BCUT2D eigenvalue weighted by Crippen LogP contribution is 2.31. The minimum Gasteiger partial charge on any atom is -0.466 e. The molecule has 0 radical (unpaired) electrons. The molecule has 0 saturated heterocycles. The Morgan fingerprint density at radius 2 is 1.37 bits per heavy atom. The van der Waals surface area contributed by atoms with Gasteiger partial charge in [0, 0.05) is 19.8 Å². The third-order valence-corrected chi connectivity index (χ3v) is 6.06. The molecule has 0 heterocycles. The Balaban J connectivity index is 5.22. The molecule has 0 aromatic carbocycles. The molecule has 0 aromatic heterocycles. The van der Waals surface area contributed by atoms with E-state index < -0.39 is 14.3 Å². The van der Waals surface area contributed by atoms with Gasteiger partial charge >= 0.3 is 14.8 Å². The molecule has 6 heteroatoms. The molecular weight excluding hydrogens is 264 g/mol. The average molecular weight is 292 g/mol. The number of carbonyl (C=O) groups is 1. The lowest BCUT2D eigenvalue weighted by atomic mass is 10.2.